The Labute approximate surface area is 134 Å². The first-order valence-corrected chi connectivity index (χ1v) is 7.95. The summed E-state index contributed by atoms with van der Waals surface area (Å²) in [6.07, 6.45) is 4.70. The second-order valence-corrected chi connectivity index (χ2v) is 5.84. The van der Waals surface area contributed by atoms with Crippen LogP contribution in [0.1, 0.15) is 19.0 Å². The normalized spacial score (nSPS) is 17.7. The molecule has 4 heterocycles. The van der Waals surface area contributed by atoms with Gasteiger partial charge in [-0.3, -0.25) is 0 Å². The summed E-state index contributed by atoms with van der Waals surface area (Å²) in [6, 6.07) is 6.54. The van der Waals surface area contributed by atoms with Crippen molar-refractivity contribution in [3.63, 3.8) is 0 Å². The van der Waals surface area contributed by atoms with Crippen molar-refractivity contribution < 1.29 is 0 Å². The molecule has 6 heteroatoms. The number of anilines is 1. The number of likely N-dealkylation sites (N-methyl/N-ethyl adjacent to an activating group) is 1. The molecule has 0 amide bonds. The van der Waals surface area contributed by atoms with Crippen LogP contribution in [0.4, 0.5) is 5.69 Å². The molecule has 116 valence electrons. The molecular formula is C17H18N6. The smallest absolute Gasteiger partial charge is 0.141 e. The van der Waals surface area contributed by atoms with Gasteiger partial charge >= 0.3 is 0 Å². The van der Waals surface area contributed by atoms with Crippen molar-refractivity contribution in [3.8, 4) is 6.07 Å². The van der Waals surface area contributed by atoms with E-state index >= 15 is 0 Å². The largest absolute Gasteiger partial charge is 0.367 e. The van der Waals surface area contributed by atoms with Gasteiger partial charge in [0.15, 0.2) is 0 Å². The molecule has 0 bridgehead atoms. The first-order valence-electron chi connectivity index (χ1n) is 7.95. The van der Waals surface area contributed by atoms with Crippen LogP contribution in [0, 0.1) is 11.3 Å². The van der Waals surface area contributed by atoms with E-state index in [9.17, 15) is 0 Å². The Hall–Kier alpha value is -2.65. The molecule has 1 atom stereocenters. The zero-order valence-corrected chi connectivity index (χ0v) is 13.0. The number of hydrogen-bond acceptors (Lipinski definition) is 5. The van der Waals surface area contributed by atoms with Crippen molar-refractivity contribution >= 4 is 27.6 Å². The van der Waals surface area contributed by atoms with E-state index in [-0.39, 0.29) is 0 Å². The Kier molecular flexibility index (Phi) is 3.36. The number of nitrogens with one attached hydrogen (secondary N) is 2. The minimum Gasteiger partial charge on any atom is -0.367 e. The van der Waals surface area contributed by atoms with Crippen LogP contribution < -0.4 is 10.2 Å². The average molecular weight is 306 g/mol. The van der Waals surface area contributed by atoms with Gasteiger partial charge in [-0.05, 0) is 32.0 Å². The molecule has 4 rings (SSSR count). The summed E-state index contributed by atoms with van der Waals surface area (Å²) in [5, 5.41) is 14.7. The predicted molar refractivity (Wildman–Crippen MR) is 90.4 cm³/mol. The Balaban J connectivity index is 1.96. The quantitative estimate of drug-likeness (QED) is 0.775. The first-order chi connectivity index (χ1) is 11.3. The molecule has 0 spiro atoms. The maximum absolute atomic E-state index is 9.15. The maximum Gasteiger partial charge on any atom is 0.141 e. The van der Waals surface area contributed by atoms with Crippen molar-refractivity contribution in [1.29, 1.82) is 5.26 Å². The van der Waals surface area contributed by atoms with Crippen LogP contribution in [-0.2, 0) is 0 Å². The molecule has 0 unspecified atom stereocenters. The Morgan fingerprint density at radius 2 is 2.35 bits per heavy atom. The fourth-order valence-corrected chi connectivity index (χ4v) is 3.53. The highest BCUT2D eigenvalue weighted by molar-refractivity contribution is 6.12. The summed E-state index contributed by atoms with van der Waals surface area (Å²) in [7, 11) is 0. The molecule has 0 aliphatic carbocycles. The standard InChI is InChI=1S/C17H18N6/c1-2-23(12-3-5-19-9-12)15-4-6-20-17-16(15)13-7-11(8-18)21-10-14(13)22-17/h4,6-7,10,12,19H,2-3,5,9H2,1H3,(H,20,22)/t12-/m0/s1. The Bertz CT molecular complexity index is 900. The second kappa shape index (κ2) is 5.52. The summed E-state index contributed by atoms with van der Waals surface area (Å²) in [6.45, 7) is 5.19. The van der Waals surface area contributed by atoms with Gasteiger partial charge in [-0.2, -0.15) is 5.26 Å². The van der Waals surface area contributed by atoms with Crippen molar-refractivity contribution in [2.24, 2.45) is 0 Å². The van der Waals surface area contributed by atoms with E-state index in [1.54, 1.807) is 6.20 Å². The molecule has 6 nitrogen and oxygen atoms in total. The lowest BCUT2D eigenvalue weighted by Crippen LogP contribution is -2.36. The average Bonchev–Trinajstić information content (AvgIpc) is 3.22. The molecule has 0 saturated carbocycles. The fourth-order valence-electron chi connectivity index (χ4n) is 3.53. The number of aromatic amines is 1. The third-order valence-electron chi connectivity index (χ3n) is 4.60. The zero-order chi connectivity index (χ0) is 15.8. The molecule has 2 N–H and O–H groups in total. The molecule has 0 radical (unpaired) electrons. The number of pyridine rings is 2. The van der Waals surface area contributed by atoms with Crippen molar-refractivity contribution in [1.82, 2.24) is 20.3 Å². The lowest BCUT2D eigenvalue weighted by atomic mass is 10.1. The molecule has 0 aromatic carbocycles. The molecule has 3 aromatic rings. The van der Waals surface area contributed by atoms with Gasteiger partial charge in [0.1, 0.15) is 17.4 Å². The fraction of sp³-hybridized carbons (Fsp3) is 0.353. The van der Waals surface area contributed by atoms with E-state index in [1.807, 2.05) is 12.3 Å². The van der Waals surface area contributed by atoms with Crippen LogP contribution in [-0.4, -0.2) is 40.6 Å². The number of rotatable bonds is 3. The number of nitrogens with zero attached hydrogens (tertiary/aromatic N) is 4. The third kappa shape index (κ3) is 2.21. The number of nitriles is 1. The minimum absolute atomic E-state index is 0.429. The third-order valence-corrected chi connectivity index (χ3v) is 4.60. The molecule has 1 saturated heterocycles. The lowest BCUT2D eigenvalue weighted by molar-refractivity contribution is 0.650. The van der Waals surface area contributed by atoms with Gasteiger partial charge in [-0.1, -0.05) is 0 Å². The van der Waals surface area contributed by atoms with Gasteiger partial charge in [0.2, 0.25) is 0 Å². The summed E-state index contributed by atoms with van der Waals surface area (Å²) < 4.78 is 0. The molecule has 1 aliphatic rings. The topological polar surface area (TPSA) is 80.6 Å². The van der Waals surface area contributed by atoms with Gasteiger partial charge in [-0.15, -0.1) is 0 Å². The Morgan fingerprint density at radius 3 is 3.09 bits per heavy atom. The van der Waals surface area contributed by atoms with Crippen LogP contribution in [0.3, 0.4) is 0 Å². The van der Waals surface area contributed by atoms with Gasteiger partial charge in [0, 0.05) is 30.7 Å². The first kappa shape index (κ1) is 14.0. The van der Waals surface area contributed by atoms with E-state index in [2.05, 4.69) is 44.2 Å². The van der Waals surface area contributed by atoms with Crippen LogP contribution in [0.15, 0.2) is 24.5 Å². The second-order valence-electron chi connectivity index (χ2n) is 5.84. The van der Waals surface area contributed by atoms with E-state index in [1.165, 1.54) is 5.69 Å². The van der Waals surface area contributed by atoms with Crippen molar-refractivity contribution in [3.05, 3.63) is 30.2 Å². The van der Waals surface area contributed by atoms with E-state index < -0.39 is 0 Å². The highest BCUT2D eigenvalue weighted by atomic mass is 15.2. The molecule has 3 aromatic heterocycles. The summed E-state index contributed by atoms with van der Waals surface area (Å²) in [5.74, 6) is 0. The molecular weight excluding hydrogens is 288 g/mol. The van der Waals surface area contributed by atoms with Gasteiger partial charge in [0.25, 0.3) is 0 Å². The van der Waals surface area contributed by atoms with E-state index in [0.29, 0.717) is 11.7 Å². The van der Waals surface area contributed by atoms with Crippen molar-refractivity contribution in [2.45, 2.75) is 19.4 Å². The molecule has 1 aliphatic heterocycles. The summed E-state index contributed by atoms with van der Waals surface area (Å²) in [5.41, 5.74) is 3.37. The zero-order valence-electron chi connectivity index (χ0n) is 13.0. The number of fused-ring (bicyclic) bond motifs is 3. The Morgan fingerprint density at radius 1 is 1.43 bits per heavy atom. The van der Waals surface area contributed by atoms with Crippen LogP contribution in [0.5, 0.6) is 0 Å². The lowest BCUT2D eigenvalue weighted by Gasteiger charge is -2.30. The molecule has 23 heavy (non-hydrogen) atoms. The van der Waals surface area contributed by atoms with Crippen LogP contribution >= 0.6 is 0 Å². The maximum atomic E-state index is 9.15. The molecule has 1 fully saturated rings. The number of hydrogen-bond donors (Lipinski definition) is 2. The van der Waals surface area contributed by atoms with Gasteiger partial charge in [0.05, 0.1) is 22.8 Å². The summed E-state index contributed by atoms with van der Waals surface area (Å²) >= 11 is 0. The van der Waals surface area contributed by atoms with E-state index in [4.69, 9.17) is 5.26 Å². The van der Waals surface area contributed by atoms with Gasteiger partial charge in [-0.25, -0.2) is 9.97 Å². The van der Waals surface area contributed by atoms with Crippen LogP contribution in [0.2, 0.25) is 0 Å². The predicted octanol–water partition coefficient (Wildman–Crippen LogP) is 2.17. The van der Waals surface area contributed by atoms with Gasteiger partial charge < -0.3 is 15.2 Å². The SMILES string of the molecule is CCN(c1ccnc2[nH]c3cnc(C#N)cc3c12)[C@H]1CCNC1. The highest BCUT2D eigenvalue weighted by Crippen LogP contribution is 2.34. The number of aromatic nitrogens is 3. The summed E-state index contributed by atoms with van der Waals surface area (Å²) in [4.78, 5) is 14.4. The monoisotopic (exact) mass is 306 g/mol. The van der Waals surface area contributed by atoms with Crippen LogP contribution in [0.25, 0.3) is 21.9 Å². The number of H-pyrrole nitrogens is 1. The van der Waals surface area contributed by atoms with E-state index in [0.717, 1.165) is 48.0 Å². The highest BCUT2D eigenvalue weighted by Gasteiger charge is 2.24. The minimum atomic E-state index is 0.429. The van der Waals surface area contributed by atoms with Crippen molar-refractivity contribution in [2.75, 3.05) is 24.5 Å².